The minimum atomic E-state index is -0.167. The molecule has 0 unspecified atom stereocenters. The van der Waals surface area contributed by atoms with Gasteiger partial charge in [-0.05, 0) is 55.5 Å². The maximum absolute atomic E-state index is 13.6. The van der Waals surface area contributed by atoms with Crippen LogP contribution in [0.25, 0.3) is 0 Å². The predicted molar refractivity (Wildman–Crippen MR) is 76.0 cm³/mol. The summed E-state index contributed by atoms with van der Waals surface area (Å²) in [6.45, 7) is 3.33. The van der Waals surface area contributed by atoms with E-state index in [0.29, 0.717) is 12.5 Å². The highest BCUT2D eigenvalue weighted by Crippen LogP contribution is 2.25. The first-order chi connectivity index (χ1) is 9.22. The monoisotopic (exact) mass is 266 g/mol. The van der Waals surface area contributed by atoms with Gasteiger partial charge in [0.1, 0.15) is 5.82 Å². The second-order valence-corrected chi connectivity index (χ2v) is 5.24. The normalized spacial score (nSPS) is 16.9. The molecule has 2 N–H and O–H groups in total. The average Bonchev–Trinajstić information content (AvgIpc) is 2.40. The van der Waals surface area contributed by atoms with Gasteiger partial charge in [0.05, 0.1) is 0 Å². The minimum Gasteiger partial charge on any atom is -0.384 e. The van der Waals surface area contributed by atoms with Crippen LogP contribution >= 0.6 is 0 Å². The number of anilines is 1. The maximum Gasteiger partial charge on any atom is 0.125 e. The fourth-order valence-corrected chi connectivity index (χ4v) is 2.72. The summed E-state index contributed by atoms with van der Waals surface area (Å²) in [5.41, 5.74) is 7.51. The first kappa shape index (κ1) is 14.3. The van der Waals surface area contributed by atoms with Gasteiger partial charge in [-0.2, -0.15) is 0 Å². The Morgan fingerprint density at radius 2 is 2.05 bits per heavy atom. The molecule has 1 aliphatic heterocycles. The molecular formula is C15H23FN2O. The zero-order valence-electron chi connectivity index (χ0n) is 11.6. The first-order valence-electron chi connectivity index (χ1n) is 6.96. The van der Waals surface area contributed by atoms with Crippen molar-refractivity contribution < 1.29 is 9.13 Å². The van der Waals surface area contributed by atoms with Crippen LogP contribution in [-0.2, 0) is 11.2 Å². The van der Waals surface area contributed by atoms with E-state index in [1.165, 1.54) is 0 Å². The summed E-state index contributed by atoms with van der Waals surface area (Å²) in [6.07, 6.45) is 2.94. The highest BCUT2D eigenvalue weighted by atomic mass is 19.1. The summed E-state index contributed by atoms with van der Waals surface area (Å²) in [5, 5.41) is 0. The number of rotatable bonds is 5. The molecule has 19 heavy (non-hydrogen) atoms. The molecule has 1 saturated heterocycles. The largest absolute Gasteiger partial charge is 0.384 e. The highest BCUT2D eigenvalue weighted by Gasteiger charge is 2.19. The number of halogens is 1. The lowest BCUT2D eigenvalue weighted by Gasteiger charge is -2.33. The Kier molecular flexibility index (Phi) is 5.16. The van der Waals surface area contributed by atoms with E-state index in [1.807, 2.05) is 0 Å². The number of nitrogens with two attached hydrogens (primary N) is 1. The van der Waals surface area contributed by atoms with Crippen molar-refractivity contribution in [3.8, 4) is 0 Å². The molecule has 0 amide bonds. The quantitative estimate of drug-likeness (QED) is 0.888. The van der Waals surface area contributed by atoms with Gasteiger partial charge in [-0.15, -0.1) is 0 Å². The molecular weight excluding hydrogens is 243 g/mol. The van der Waals surface area contributed by atoms with Crippen LogP contribution in [0.15, 0.2) is 18.2 Å². The number of ether oxygens (including phenoxy) is 1. The second kappa shape index (κ2) is 6.87. The van der Waals surface area contributed by atoms with Crippen LogP contribution < -0.4 is 10.6 Å². The van der Waals surface area contributed by atoms with E-state index >= 15 is 0 Å². The molecule has 1 aromatic carbocycles. The Bertz CT molecular complexity index is 403. The van der Waals surface area contributed by atoms with E-state index in [1.54, 1.807) is 19.2 Å². The second-order valence-electron chi connectivity index (χ2n) is 5.24. The molecule has 1 aromatic rings. The molecule has 3 nitrogen and oxygen atoms in total. The van der Waals surface area contributed by atoms with Gasteiger partial charge in [-0.25, -0.2) is 4.39 Å². The molecule has 4 heteroatoms. The zero-order chi connectivity index (χ0) is 13.7. The van der Waals surface area contributed by atoms with Crippen molar-refractivity contribution in [2.45, 2.75) is 19.3 Å². The van der Waals surface area contributed by atoms with Gasteiger partial charge in [0, 0.05) is 32.5 Å². The van der Waals surface area contributed by atoms with Crippen molar-refractivity contribution in [3.63, 3.8) is 0 Å². The number of piperidine rings is 1. The lowest BCUT2D eigenvalue weighted by atomic mass is 9.97. The van der Waals surface area contributed by atoms with Crippen molar-refractivity contribution in [3.05, 3.63) is 29.6 Å². The maximum atomic E-state index is 13.6. The SMILES string of the molecule is COCC1CCN(c2cc(F)cc(CCN)c2)CC1. The Balaban J connectivity index is 2.02. The van der Waals surface area contributed by atoms with Gasteiger partial charge in [-0.3, -0.25) is 0 Å². The summed E-state index contributed by atoms with van der Waals surface area (Å²) in [7, 11) is 1.75. The smallest absolute Gasteiger partial charge is 0.125 e. The van der Waals surface area contributed by atoms with E-state index < -0.39 is 0 Å². The summed E-state index contributed by atoms with van der Waals surface area (Å²) in [4.78, 5) is 2.26. The highest BCUT2D eigenvalue weighted by molar-refractivity contribution is 5.49. The van der Waals surface area contributed by atoms with Gasteiger partial charge in [0.2, 0.25) is 0 Å². The molecule has 106 valence electrons. The van der Waals surface area contributed by atoms with Crippen molar-refractivity contribution in [1.29, 1.82) is 0 Å². The van der Waals surface area contributed by atoms with Gasteiger partial charge in [0.25, 0.3) is 0 Å². The van der Waals surface area contributed by atoms with Crippen LogP contribution in [0.1, 0.15) is 18.4 Å². The Morgan fingerprint density at radius 3 is 2.68 bits per heavy atom. The van der Waals surface area contributed by atoms with E-state index in [9.17, 15) is 4.39 Å². The van der Waals surface area contributed by atoms with Gasteiger partial charge < -0.3 is 15.4 Å². The number of hydrogen-bond donors (Lipinski definition) is 1. The molecule has 0 atom stereocenters. The third-order valence-corrected chi connectivity index (χ3v) is 3.76. The van der Waals surface area contributed by atoms with Crippen molar-refractivity contribution in [2.75, 3.05) is 38.3 Å². The van der Waals surface area contributed by atoms with E-state index in [0.717, 1.165) is 50.2 Å². The van der Waals surface area contributed by atoms with E-state index in [2.05, 4.69) is 11.0 Å². The number of hydrogen-bond acceptors (Lipinski definition) is 3. The standard InChI is InChI=1S/C15H23FN2O/c1-19-11-12-3-6-18(7-4-12)15-9-13(2-5-17)8-14(16)10-15/h8-10,12H,2-7,11,17H2,1H3. The number of nitrogens with zero attached hydrogens (tertiary/aromatic N) is 1. The van der Waals surface area contributed by atoms with E-state index in [4.69, 9.17) is 10.5 Å². The van der Waals surface area contributed by atoms with Gasteiger partial charge in [0.15, 0.2) is 0 Å². The molecule has 1 heterocycles. The molecule has 0 aromatic heterocycles. The van der Waals surface area contributed by atoms with Crippen LogP contribution in [-0.4, -0.2) is 33.4 Å². The first-order valence-corrected chi connectivity index (χ1v) is 6.96. The zero-order valence-corrected chi connectivity index (χ0v) is 11.6. The molecule has 0 radical (unpaired) electrons. The molecule has 0 bridgehead atoms. The van der Waals surface area contributed by atoms with Crippen LogP contribution in [0.2, 0.25) is 0 Å². The fraction of sp³-hybridized carbons (Fsp3) is 0.600. The third kappa shape index (κ3) is 3.91. The number of methoxy groups -OCH3 is 1. The van der Waals surface area contributed by atoms with E-state index in [-0.39, 0.29) is 5.82 Å². The van der Waals surface area contributed by atoms with Gasteiger partial charge in [-0.1, -0.05) is 0 Å². The summed E-state index contributed by atoms with van der Waals surface area (Å²) >= 11 is 0. The van der Waals surface area contributed by atoms with Crippen molar-refractivity contribution >= 4 is 5.69 Å². The molecule has 1 aliphatic rings. The van der Waals surface area contributed by atoms with Crippen LogP contribution in [0.3, 0.4) is 0 Å². The summed E-state index contributed by atoms with van der Waals surface area (Å²) in [6, 6.07) is 5.26. The van der Waals surface area contributed by atoms with Crippen LogP contribution in [0.4, 0.5) is 10.1 Å². The lowest BCUT2D eigenvalue weighted by molar-refractivity contribution is 0.139. The van der Waals surface area contributed by atoms with Crippen LogP contribution in [0.5, 0.6) is 0 Å². The fourth-order valence-electron chi connectivity index (χ4n) is 2.72. The van der Waals surface area contributed by atoms with Crippen molar-refractivity contribution in [2.24, 2.45) is 11.7 Å². The van der Waals surface area contributed by atoms with Crippen LogP contribution in [0, 0.1) is 11.7 Å². The topological polar surface area (TPSA) is 38.5 Å². The predicted octanol–water partition coefficient (Wildman–Crippen LogP) is 2.19. The minimum absolute atomic E-state index is 0.167. The molecule has 0 saturated carbocycles. The number of benzene rings is 1. The molecule has 2 rings (SSSR count). The summed E-state index contributed by atoms with van der Waals surface area (Å²) < 4.78 is 18.8. The molecule has 0 aliphatic carbocycles. The molecule has 1 fully saturated rings. The lowest BCUT2D eigenvalue weighted by Crippen LogP contribution is -2.35. The average molecular weight is 266 g/mol. The Morgan fingerprint density at radius 1 is 1.32 bits per heavy atom. The molecule has 0 spiro atoms. The van der Waals surface area contributed by atoms with Gasteiger partial charge >= 0.3 is 0 Å². The Labute approximate surface area is 114 Å². The third-order valence-electron chi connectivity index (χ3n) is 3.76. The van der Waals surface area contributed by atoms with Crippen molar-refractivity contribution in [1.82, 2.24) is 0 Å². The Hall–Kier alpha value is -1.13. The summed E-state index contributed by atoms with van der Waals surface area (Å²) in [5.74, 6) is 0.471.